The standard InChI is InChI=1S/C12H13NO3S.C12H23N/c1-7(17)11(14)13-9-5-3-2-4-8(9)6-10(13)12(15)16;1-3-7-11(8-4-1)13-12-9-5-2-6-10-12/h2-5,7,10,17H,6H2,1H3,(H,15,16);11-13H,1-10H2. The number of aliphatic carboxylic acids is 1. The molecule has 1 heterocycles. The van der Waals surface area contributed by atoms with Crippen LogP contribution in [0.1, 0.15) is 76.7 Å². The van der Waals surface area contributed by atoms with E-state index in [1.807, 2.05) is 12.1 Å². The van der Waals surface area contributed by atoms with Crippen molar-refractivity contribution in [2.24, 2.45) is 0 Å². The Labute approximate surface area is 186 Å². The van der Waals surface area contributed by atoms with E-state index in [1.54, 1.807) is 19.1 Å². The smallest absolute Gasteiger partial charge is 0.327 e. The van der Waals surface area contributed by atoms with Crippen molar-refractivity contribution in [3.8, 4) is 0 Å². The summed E-state index contributed by atoms with van der Waals surface area (Å²) in [6, 6.07) is 8.19. The molecule has 1 aromatic carbocycles. The highest BCUT2D eigenvalue weighted by molar-refractivity contribution is 7.81. The van der Waals surface area contributed by atoms with Crippen LogP contribution in [0.25, 0.3) is 0 Å². The highest BCUT2D eigenvalue weighted by Crippen LogP contribution is 2.33. The van der Waals surface area contributed by atoms with Crippen molar-refractivity contribution in [2.75, 3.05) is 4.90 Å². The molecule has 2 saturated carbocycles. The summed E-state index contributed by atoms with van der Waals surface area (Å²) >= 11 is 4.08. The Kier molecular flexibility index (Phi) is 8.63. The summed E-state index contributed by atoms with van der Waals surface area (Å²) in [5, 5.41) is 12.5. The molecule has 2 fully saturated rings. The quantitative estimate of drug-likeness (QED) is 0.609. The normalized spacial score (nSPS) is 23.3. The molecule has 2 unspecified atom stereocenters. The number of thiol groups is 1. The van der Waals surface area contributed by atoms with Crippen LogP contribution in [0.3, 0.4) is 0 Å². The lowest BCUT2D eigenvalue weighted by molar-refractivity contribution is -0.139. The molecule has 2 N–H and O–H groups in total. The maximum Gasteiger partial charge on any atom is 0.327 e. The molecule has 30 heavy (non-hydrogen) atoms. The number of hydrogen-bond donors (Lipinski definition) is 3. The van der Waals surface area contributed by atoms with Crippen LogP contribution in [0.4, 0.5) is 5.69 Å². The molecule has 0 bridgehead atoms. The molecule has 3 aliphatic rings. The number of carboxylic acids is 1. The first-order valence-corrected chi connectivity index (χ1v) is 12.1. The molecule has 1 aliphatic heterocycles. The Bertz CT molecular complexity index is 696. The number of nitrogens with zero attached hydrogens (tertiary/aromatic N) is 1. The first-order valence-electron chi connectivity index (χ1n) is 11.5. The van der Waals surface area contributed by atoms with E-state index in [0.29, 0.717) is 12.1 Å². The maximum absolute atomic E-state index is 12.0. The van der Waals surface area contributed by atoms with Gasteiger partial charge < -0.3 is 10.4 Å². The minimum absolute atomic E-state index is 0.273. The van der Waals surface area contributed by atoms with Crippen LogP contribution in [0, 0.1) is 0 Å². The van der Waals surface area contributed by atoms with Crippen LogP contribution < -0.4 is 10.2 Å². The number of benzene rings is 1. The third-order valence-electron chi connectivity index (χ3n) is 6.54. The van der Waals surface area contributed by atoms with Gasteiger partial charge in [0.15, 0.2) is 0 Å². The van der Waals surface area contributed by atoms with Crippen LogP contribution in [-0.4, -0.2) is 40.4 Å². The number of para-hydroxylation sites is 1. The Morgan fingerprint density at radius 3 is 2.03 bits per heavy atom. The lowest BCUT2D eigenvalue weighted by Gasteiger charge is -2.30. The van der Waals surface area contributed by atoms with E-state index >= 15 is 0 Å². The second kappa shape index (κ2) is 11.2. The first-order chi connectivity index (χ1) is 14.5. The fraction of sp³-hybridized carbons (Fsp3) is 0.667. The number of hydrogen-bond acceptors (Lipinski definition) is 4. The number of carbonyl (C=O) groups excluding carboxylic acids is 1. The van der Waals surface area contributed by atoms with Gasteiger partial charge in [-0.3, -0.25) is 9.69 Å². The predicted molar refractivity (Wildman–Crippen MR) is 124 cm³/mol. The minimum atomic E-state index is -0.983. The Morgan fingerprint density at radius 2 is 1.53 bits per heavy atom. The van der Waals surface area contributed by atoms with Crippen molar-refractivity contribution in [3.63, 3.8) is 0 Å². The van der Waals surface area contributed by atoms with Crippen LogP contribution in [-0.2, 0) is 16.0 Å². The fourth-order valence-electron chi connectivity index (χ4n) is 4.93. The van der Waals surface area contributed by atoms with E-state index in [4.69, 9.17) is 5.11 Å². The zero-order chi connectivity index (χ0) is 21.5. The van der Waals surface area contributed by atoms with Crippen molar-refractivity contribution in [1.29, 1.82) is 0 Å². The minimum Gasteiger partial charge on any atom is -0.480 e. The van der Waals surface area contributed by atoms with Gasteiger partial charge in [-0.05, 0) is 44.2 Å². The fourth-order valence-corrected chi connectivity index (χ4v) is 5.05. The topological polar surface area (TPSA) is 69.6 Å². The Balaban J connectivity index is 0.000000177. The van der Waals surface area contributed by atoms with Crippen molar-refractivity contribution in [3.05, 3.63) is 29.8 Å². The Morgan fingerprint density at radius 1 is 1.00 bits per heavy atom. The van der Waals surface area contributed by atoms with Crippen LogP contribution in [0.15, 0.2) is 24.3 Å². The monoisotopic (exact) mass is 432 g/mol. The first kappa shape index (κ1) is 23.1. The molecule has 2 aliphatic carbocycles. The van der Waals surface area contributed by atoms with Crippen molar-refractivity contribution < 1.29 is 14.7 Å². The summed E-state index contributed by atoms with van der Waals surface area (Å²) in [6.07, 6.45) is 14.9. The number of nitrogens with one attached hydrogen (secondary N) is 1. The average molecular weight is 433 g/mol. The number of amides is 1. The van der Waals surface area contributed by atoms with E-state index in [1.165, 1.54) is 69.1 Å². The molecule has 2 atom stereocenters. The van der Waals surface area contributed by atoms with Gasteiger partial charge in [-0.2, -0.15) is 12.6 Å². The molecular weight excluding hydrogens is 396 g/mol. The lowest BCUT2D eigenvalue weighted by Crippen LogP contribution is -2.45. The van der Waals surface area contributed by atoms with Gasteiger partial charge in [-0.1, -0.05) is 56.7 Å². The molecular formula is C24H36N2O3S. The lowest BCUT2D eigenvalue weighted by atomic mass is 9.91. The van der Waals surface area contributed by atoms with E-state index in [9.17, 15) is 9.59 Å². The third-order valence-corrected chi connectivity index (χ3v) is 6.76. The van der Waals surface area contributed by atoms with Gasteiger partial charge >= 0.3 is 5.97 Å². The number of anilines is 1. The summed E-state index contributed by atoms with van der Waals surface area (Å²) < 4.78 is 0. The number of fused-ring (bicyclic) bond motifs is 1. The molecule has 0 saturated heterocycles. The largest absolute Gasteiger partial charge is 0.480 e. The van der Waals surface area contributed by atoms with Gasteiger partial charge in [0.05, 0.1) is 5.25 Å². The zero-order valence-corrected chi connectivity index (χ0v) is 18.9. The molecule has 6 heteroatoms. The van der Waals surface area contributed by atoms with Gasteiger partial charge in [-0.25, -0.2) is 4.79 Å². The van der Waals surface area contributed by atoms with Gasteiger partial charge in [0.25, 0.3) is 0 Å². The van der Waals surface area contributed by atoms with E-state index in [-0.39, 0.29) is 5.91 Å². The molecule has 1 amide bonds. The van der Waals surface area contributed by atoms with Crippen LogP contribution in [0.2, 0.25) is 0 Å². The highest BCUT2D eigenvalue weighted by Gasteiger charge is 2.39. The van der Waals surface area contributed by atoms with Crippen molar-refractivity contribution >= 4 is 30.2 Å². The number of carboxylic acid groups (broad SMARTS) is 1. The molecule has 0 radical (unpaired) electrons. The van der Waals surface area contributed by atoms with Gasteiger partial charge in [-0.15, -0.1) is 0 Å². The van der Waals surface area contributed by atoms with Gasteiger partial charge in [0, 0.05) is 24.2 Å². The molecule has 166 valence electrons. The second-order valence-electron chi connectivity index (χ2n) is 8.91. The summed E-state index contributed by atoms with van der Waals surface area (Å²) in [7, 11) is 0. The van der Waals surface area contributed by atoms with E-state index < -0.39 is 17.3 Å². The molecule has 0 spiro atoms. The summed E-state index contributed by atoms with van der Waals surface area (Å²) in [5.74, 6) is -1.26. The van der Waals surface area contributed by atoms with Gasteiger partial charge in [0.2, 0.25) is 5.91 Å². The highest BCUT2D eigenvalue weighted by atomic mass is 32.1. The van der Waals surface area contributed by atoms with Crippen LogP contribution in [0.5, 0.6) is 0 Å². The zero-order valence-electron chi connectivity index (χ0n) is 18.1. The second-order valence-corrected chi connectivity index (χ2v) is 9.68. The van der Waals surface area contributed by atoms with Gasteiger partial charge in [0.1, 0.15) is 6.04 Å². The summed E-state index contributed by atoms with van der Waals surface area (Å²) in [4.78, 5) is 24.5. The number of rotatable bonds is 4. The SMILES string of the molecule is C1CCC(NC2CCCCC2)CC1.CC(S)C(=O)N1c2ccccc2CC1C(=O)O. The molecule has 1 aromatic rings. The molecule has 4 rings (SSSR count). The third kappa shape index (κ3) is 6.01. The molecule has 5 nitrogen and oxygen atoms in total. The Hall–Kier alpha value is -1.53. The van der Waals surface area contributed by atoms with Crippen LogP contribution >= 0.6 is 12.6 Å². The van der Waals surface area contributed by atoms with E-state index in [2.05, 4.69) is 17.9 Å². The van der Waals surface area contributed by atoms with E-state index in [0.717, 1.165) is 17.6 Å². The van der Waals surface area contributed by atoms with Crippen molar-refractivity contribution in [2.45, 2.75) is 101 Å². The number of carbonyl (C=O) groups is 2. The maximum atomic E-state index is 12.0. The average Bonchev–Trinajstić information content (AvgIpc) is 3.15. The predicted octanol–water partition coefficient (Wildman–Crippen LogP) is 4.59. The molecule has 0 aromatic heterocycles. The van der Waals surface area contributed by atoms with Crippen molar-refractivity contribution in [1.82, 2.24) is 5.32 Å². The summed E-state index contributed by atoms with van der Waals surface area (Å²) in [6.45, 7) is 1.64. The summed E-state index contributed by atoms with van der Waals surface area (Å²) in [5.41, 5.74) is 1.58.